The Bertz CT molecular complexity index is 694. The number of hydrogen-bond acceptors (Lipinski definition) is 4. The molecule has 2 N–H and O–H groups in total. The molecule has 112 valence electrons. The van der Waals surface area contributed by atoms with Gasteiger partial charge in [-0.1, -0.05) is 23.7 Å². The number of para-hydroxylation sites is 1. The van der Waals surface area contributed by atoms with Crippen molar-refractivity contribution < 1.29 is 23.8 Å². The molecule has 21 heavy (non-hydrogen) atoms. The van der Waals surface area contributed by atoms with E-state index in [1.165, 1.54) is 7.11 Å². The van der Waals surface area contributed by atoms with Gasteiger partial charge in [0, 0.05) is 18.1 Å². The number of fused-ring (bicyclic) bond motifs is 1. The number of carboxylic acids is 1. The molecule has 0 saturated heterocycles. The Hall–Kier alpha value is -2.05. The van der Waals surface area contributed by atoms with E-state index < -0.39 is 18.0 Å². The lowest BCUT2D eigenvalue weighted by Gasteiger charge is -2.10. The molecule has 0 aliphatic carbocycles. The van der Waals surface area contributed by atoms with E-state index in [1.807, 2.05) is 0 Å². The third-order valence-electron chi connectivity index (χ3n) is 3.13. The predicted molar refractivity (Wildman–Crippen MR) is 76.7 cm³/mol. The quantitative estimate of drug-likeness (QED) is 0.884. The highest BCUT2D eigenvalue weighted by Crippen LogP contribution is 2.30. The topological polar surface area (TPSA) is 88.8 Å². The lowest BCUT2D eigenvalue weighted by atomic mass is 10.1. The molecule has 0 aliphatic rings. The molecular formula is C14H14ClNO5. The van der Waals surface area contributed by atoms with E-state index in [0.717, 1.165) is 5.39 Å². The molecule has 7 heteroatoms. The molecule has 2 rings (SSSR count). The molecule has 1 aromatic carbocycles. The third-order valence-corrected chi connectivity index (χ3v) is 3.43. The Labute approximate surface area is 125 Å². The van der Waals surface area contributed by atoms with Crippen LogP contribution < -0.4 is 5.32 Å². The van der Waals surface area contributed by atoms with Gasteiger partial charge in [0.2, 0.25) is 0 Å². The summed E-state index contributed by atoms with van der Waals surface area (Å²) in [5, 5.41) is 12.5. The van der Waals surface area contributed by atoms with Gasteiger partial charge >= 0.3 is 5.97 Å². The number of aryl methyl sites for hydroxylation is 1. The number of rotatable bonds is 5. The largest absolute Gasteiger partial charge is 0.479 e. The van der Waals surface area contributed by atoms with Gasteiger partial charge in [0.05, 0.1) is 11.6 Å². The van der Waals surface area contributed by atoms with Crippen LogP contribution in [0.2, 0.25) is 5.02 Å². The maximum absolute atomic E-state index is 12.1. The first-order chi connectivity index (χ1) is 9.95. The first-order valence-electron chi connectivity index (χ1n) is 6.17. The Morgan fingerprint density at radius 1 is 1.48 bits per heavy atom. The molecule has 1 aromatic heterocycles. The van der Waals surface area contributed by atoms with Crippen LogP contribution in [0.1, 0.15) is 16.1 Å². The summed E-state index contributed by atoms with van der Waals surface area (Å²) in [5.74, 6) is -1.55. The van der Waals surface area contributed by atoms with Crippen LogP contribution >= 0.6 is 11.6 Å². The van der Waals surface area contributed by atoms with Crippen molar-refractivity contribution in [2.45, 2.75) is 13.0 Å². The zero-order chi connectivity index (χ0) is 15.6. The summed E-state index contributed by atoms with van der Waals surface area (Å²) in [6.07, 6.45) is -1.11. The summed E-state index contributed by atoms with van der Waals surface area (Å²) < 4.78 is 10.2. The summed E-state index contributed by atoms with van der Waals surface area (Å²) >= 11 is 6.02. The van der Waals surface area contributed by atoms with Gasteiger partial charge in [-0.25, -0.2) is 4.79 Å². The summed E-state index contributed by atoms with van der Waals surface area (Å²) in [7, 11) is 1.26. The molecule has 1 unspecified atom stereocenters. The molecule has 0 fully saturated rings. The number of carboxylic acid groups (broad SMARTS) is 1. The van der Waals surface area contributed by atoms with Crippen LogP contribution in [0.25, 0.3) is 11.0 Å². The molecule has 0 saturated carbocycles. The lowest BCUT2D eigenvalue weighted by molar-refractivity contribution is -0.148. The van der Waals surface area contributed by atoms with Gasteiger partial charge in [-0.3, -0.25) is 4.79 Å². The highest BCUT2D eigenvalue weighted by Gasteiger charge is 2.22. The van der Waals surface area contributed by atoms with E-state index in [1.54, 1.807) is 25.1 Å². The normalized spacial score (nSPS) is 12.3. The van der Waals surface area contributed by atoms with Gasteiger partial charge in [0.15, 0.2) is 17.4 Å². The lowest BCUT2D eigenvalue weighted by Crippen LogP contribution is -2.37. The SMILES string of the molecule is COC(CNC(=O)c1oc2c(Cl)cccc2c1C)C(=O)O. The zero-order valence-electron chi connectivity index (χ0n) is 11.5. The van der Waals surface area contributed by atoms with E-state index in [-0.39, 0.29) is 12.3 Å². The number of methoxy groups -OCH3 is 1. The molecular weight excluding hydrogens is 298 g/mol. The molecule has 2 aromatic rings. The van der Waals surface area contributed by atoms with Crippen molar-refractivity contribution in [2.24, 2.45) is 0 Å². The van der Waals surface area contributed by atoms with Gasteiger partial charge in [0.1, 0.15) is 0 Å². The Kier molecular flexibility index (Phi) is 4.50. The van der Waals surface area contributed by atoms with Gasteiger partial charge in [-0.05, 0) is 13.0 Å². The minimum atomic E-state index is -1.15. The zero-order valence-corrected chi connectivity index (χ0v) is 12.2. The summed E-state index contributed by atoms with van der Waals surface area (Å²) in [4.78, 5) is 22.9. The molecule has 1 heterocycles. The second-order valence-electron chi connectivity index (χ2n) is 4.45. The maximum atomic E-state index is 12.1. The van der Waals surface area contributed by atoms with E-state index >= 15 is 0 Å². The van der Waals surface area contributed by atoms with Crippen molar-refractivity contribution in [3.63, 3.8) is 0 Å². The number of benzene rings is 1. The maximum Gasteiger partial charge on any atom is 0.334 e. The third kappa shape index (κ3) is 3.01. The van der Waals surface area contributed by atoms with E-state index in [4.69, 9.17) is 25.9 Å². The van der Waals surface area contributed by atoms with Crippen LogP contribution in [-0.4, -0.2) is 36.7 Å². The second-order valence-corrected chi connectivity index (χ2v) is 4.85. The van der Waals surface area contributed by atoms with Crippen LogP contribution in [0.5, 0.6) is 0 Å². The Morgan fingerprint density at radius 2 is 2.19 bits per heavy atom. The van der Waals surface area contributed by atoms with Crippen LogP contribution in [0, 0.1) is 6.92 Å². The number of ether oxygens (including phenoxy) is 1. The highest BCUT2D eigenvalue weighted by atomic mass is 35.5. The average molecular weight is 312 g/mol. The Balaban J connectivity index is 2.22. The van der Waals surface area contributed by atoms with E-state index in [2.05, 4.69) is 5.32 Å². The van der Waals surface area contributed by atoms with Crippen LogP contribution in [-0.2, 0) is 9.53 Å². The summed E-state index contributed by atoms with van der Waals surface area (Å²) in [5.41, 5.74) is 1.08. The first-order valence-corrected chi connectivity index (χ1v) is 6.55. The van der Waals surface area contributed by atoms with Gasteiger partial charge in [-0.2, -0.15) is 0 Å². The predicted octanol–water partition coefficient (Wildman–Crippen LogP) is 2.22. The Morgan fingerprint density at radius 3 is 2.76 bits per heavy atom. The van der Waals surface area contributed by atoms with Crippen molar-refractivity contribution in [1.82, 2.24) is 5.32 Å². The minimum Gasteiger partial charge on any atom is -0.479 e. The van der Waals surface area contributed by atoms with Gasteiger partial charge < -0.3 is 19.6 Å². The number of carbonyl (C=O) groups is 2. The highest BCUT2D eigenvalue weighted by molar-refractivity contribution is 6.35. The smallest absolute Gasteiger partial charge is 0.334 e. The molecule has 1 amide bonds. The monoisotopic (exact) mass is 311 g/mol. The molecule has 6 nitrogen and oxygen atoms in total. The number of nitrogens with one attached hydrogen (secondary N) is 1. The van der Waals surface area contributed by atoms with E-state index in [9.17, 15) is 9.59 Å². The van der Waals surface area contributed by atoms with Gasteiger partial charge in [-0.15, -0.1) is 0 Å². The van der Waals surface area contributed by atoms with Crippen molar-refractivity contribution >= 4 is 34.4 Å². The number of hydrogen-bond donors (Lipinski definition) is 2. The number of amides is 1. The van der Waals surface area contributed by atoms with Crippen LogP contribution in [0.3, 0.4) is 0 Å². The number of carbonyl (C=O) groups excluding carboxylic acids is 1. The van der Waals surface area contributed by atoms with Crippen molar-refractivity contribution in [2.75, 3.05) is 13.7 Å². The van der Waals surface area contributed by atoms with Gasteiger partial charge in [0.25, 0.3) is 5.91 Å². The number of furan rings is 1. The van der Waals surface area contributed by atoms with Crippen molar-refractivity contribution in [3.05, 3.63) is 34.5 Å². The molecule has 0 radical (unpaired) electrons. The summed E-state index contributed by atoms with van der Waals surface area (Å²) in [6.45, 7) is 1.58. The fourth-order valence-electron chi connectivity index (χ4n) is 1.96. The average Bonchev–Trinajstić information content (AvgIpc) is 2.78. The van der Waals surface area contributed by atoms with Crippen molar-refractivity contribution in [3.8, 4) is 0 Å². The standard InChI is InChI=1S/C14H14ClNO5/c1-7-8-4-3-5-9(15)12(8)21-11(7)13(17)16-6-10(20-2)14(18)19/h3-5,10H,6H2,1-2H3,(H,16,17)(H,18,19). The molecule has 1 atom stereocenters. The van der Waals surface area contributed by atoms with Crippen LogP contribution in [0.4, 0.5) is 0 Å². The van der Waals surface area contributed by atoms with Crippen LogP contribution in [0.15, 0.2) is 22.6 Å². The summed E-state index contributed by atoms with van der Waals surface area (Å²) in [6, 6.07) is 5.23. The van der Waals surface area contributed by atoms with Crippen molar-refractivity contribution in [1.29, 1.82) is 0 Å². The number of halogens is 1. The minimum absolute atomic E-state index is 0.110. The van der Waals surface area contributed by atoms with E-state index in [0.29, 0.717) is 16.2 Å². The second kappa shape index (κ2) is 6.15. The molecule has 0 spiro atoms. The molecule has 0 aliphatic heterocycles. The first kappa shape index (κ1) is 15.3. The number of aliphatic carboxylic acids is 1. The fraction of sp³-hybridized carbons (Fsp3) is 0.286. The fourth-order valence-corrected chi connectivity index (χ4v) is 2.18. The molecule has 0 bridgehead atoms.